The molecule has 3 heteroatoms. The molecule has 5 rings (SSSR count). The molecule has 0 aliphatic rings. The van der Waals surface area contributed by atoms with Gasteiger partial charge in [0, 0.05) is 22.4 Å². The van der Waals surface area contributed by atoms with Crippen LogP contribution in [0.25, 0.3) is 21.7 Å². The van der Waals surface area contributed by atoms with Crippen molar-refractivity contribution in [1.82, 2.24) is 0 Å². The summed E-state index contributed by atoms with van der Waals surface area (Å²) in [5, 5.41) is 8.53. The molecule has 0 saturated heterocycles. The second-order valence-electron chi connectivity index (χ2n) is 7.26. The van der Waals surface area contributed by atoms with Crippen LogP contribution in [0, 0.1) is 0 Å². The van der Waals surface area contributed by atoms with E-state index in [2.05, 4.69) is 89.0 Å². The number of nitrogens with zero attached hydrogens (tertiary/aromatic N) is 2. The Bertz CT molecular complexity index is 1330. The monoisotopic (exact) mass is 388 g/mol. The highest BCUT2D eigenvalue weighted by atomic mass is 15.3. The van der Waals surface area contributed by atoms with Crippen molar-refractivity contribution in [2.75, 3.05) is 5.43 Å². The summed E-state index contributed by atoms with van der Waals surface area (Å²) in [6.45, 7) is 0.662. The first kappa shape index (κ1) is 18.1. The van der Waals surface area contributed by atoms with Crippen LogP contribution in [0.2, 0.25) is 0 Å². The molecule has 1 aromatic heterocycles. The van der Waals surface area contributed by atoms with Gasteiger partial charge in [-0.3, -0.25) is 5.43 Å². The zero-order chi connectivity index (χ0) is 20.2. The van der Waals surface area contributed by atoms with E-state index < -0.39 is 0 Å². The van der Waals surface area contributed by atoms with Gasteiger partial charge in [0.2, 0.25) is 5.52 Å². The quantitative estimate of drug-likeness (QED) is 0.175. The van der Waals surface area contributed by atoms with Crippen molar-refractivity contribution in [2.24, 2.45) is 5.10 Å². The third kappa shape index (κ3) is 3.65. The number of aromatic nitrogens is 1. The van der Waals surface area contributed by atoms with Crippen molar-refractivity contribution in [3.05, 3.63) is 121 Å². The number of anilines is 1. The van der Waals surface area contributed by atoms with Crippen LogP contribution in [-0.4, -0.2) is 5.71 Å². The molecule has 0 bridgehead atoms. The summed E-state index contributed by atoms with van der Waals surface area (Å²) in [5.41, 5.74) is 7.47. The van der Waals surface area contributed by atoms with Crippen molar-refractivity contribution >= 4 is 33.1 Å². The minimum Gasteiger partial charge on any atom is -0.278 e. The predicted octanol–water partition coefficient (Wildman–Crippen LogP) is 5.80. The topological polar surface area (TPSA) is 28.3 Å². The van der Waals surface area contributed by atoms with Gasteiger partial charge in [0.05, 0.1) is 11.1 Å². The lowest BCUT2D eigenvalue weighted by Gasteiger charge is -2.09. The van der Waals surface area contributed by atoms with Gasteiger partial charge in [0.1, 0.15) is 5.71 Å². The van der Waals surface area contributed by atoms with Crippen LogP contribution in [0.3, 0.4) is 0 Å². The summed E-state index contributed by atoms with van der Waals surface area (Å²) in [7, 11) is 0. The maximum atomic E-state index is 4.79. The van der Waals surface area contributed by atoms with Crippen LogP contribution in [0.5, 0.6) is 0 Å². The maximum absolute atomic E-state index is 4.79. The van der Waals surface area contributed by atoms with Crippen molar-refractivity contribution < 1.29 is 4.57 Å². The van der Waals surface area contributed by atoms with E-state index in [1.54, 1.807) is 0 Å². The third-order valence-electron chi connectivity index (χ3n) is 5.28. The van der Waals surface area contributed by atoms with Crippen LogP contribution in [-0.2, 0) is 6.54 Å². The predicted molar refractivity (Wildman–Crippen MR) is 125 cm³/mol. The fraction of sp³-hybridized carbons (Fsp3) is 0.0370. The van der Waals surface area contributed by atoms with E-state index in [-0.39, 0.29) is 0 Å². The Balaban J connectivity index is 1.61. The number of benzene rings is 4. The summed E-state index contributed by atoms with van der Waals surface area (Å²) in [4.78, 5) is 0. The van der Waals surface area contributed by atoms with Gasteiger partial charge in [-0.25, -0.2) is 0 Å². The van der Waals surface area contributed by atoms with E-state index in [1.807, 2.05) is 36.4 Å². The summed E-state index contributed by atoms with van der Waals surface area (Å²) in [5.74, 6) is 0. The molecule has 5 aromatic rings. The molecule has 0 fully saturated rings. The molecule has 0 radical (unpaired) electrons. The molecule has 0 saturated carbocycles. The molecule has 0 aliphatic carbocycles. The van der Waals surface area contributed by atoms with E-state index in [9.17, 15) is 0 Å². The van der Waals surface area contributed by atoms with Gasteiger partial charge in [-0.05, 0) is 24.3 Å². The van der Waals surface area contributed by atoms with E-state index >= 15 is 0 Å². The minimum atomic E-state index is 0.662. The van der Waals surface area contributed by atoms with Gasteiger partial charge in [-0.15, -0.1) is 0 Å². The average molecular weight is 388 g/mol. The van der Waals surface area contributed by atoms with E-state index in [4.69, 9.17) is 5.10 Å². The van der Waals surface area contributed by atoms with Gasteiger partial charge in [0.15, 0.2) is 12.7 Å². The zero-order valence-electron chi connectivity index (χ0n) is 16.6. The zero-order valence-corrected chi connectivity index (χ0v) is 16.6. The summed E-state index contributed by atoms with van der Waals surface area (Å²) >= 11 is 0. The lowest BCUT2D eigenvalue weighted by Crippen LogP contribution is -2.39. The second-order valence-corrected chi connectivity index (χ2v) is 7.26. The fourth-order valence-corrected chi connectivity index (χ4v) is 3.80. The molecule has 4 aromatic carbocycles. The number of para-hydroxylation sites is 2. The van der Waals surface area contributed by atoms with E-state index in [0.29, 0.717) is 6.54 Å². The Morgan fingerprint density at radius 3 is 2.10 bits per heavy atom. The third-order valence-corrected chi connectivity index (χ3v) is 5.28. The number of hydrazone groups is 1. The first-order valence-electron chi connectivity index (χ1n) is 10.1. The summed E-state index contributed by atoms with van der Waals surface area (Å²) < 4.78 is 2.29. The molecule has 30 heavy (non-hydrogen) atoms. The number of hydrogen-bond donors (Lipinski definition) is 1. The van der Waals surface area contributed by atoms with Gasteiger partial charge < -0.3 is 0 Å². The molecule has 0 unspecified atom stereocenters. The van der Waals surface area contributed by atoms with E-state index in [1.165, 1.54) is 21.7 Å². The van der Waals surface area contributed by atoms with Crippen LogP contribution in [0.15, 0.2) is 120 Å². The number of pyridine rings is 1. The number of hydrogen-bond acceptors (Lipinski definition) is 2. The van der Waals surface area contributed by atoms with Crippen LogP contribution >= 0.6 is 0 Å². The highest BCUT2D eigenvalue weighted by molar-refractivity contribution is 6.04. The molecule has 1 N–H and O–H groups in total. The standard InChI is InChI=1S/C27H22N3/c1-3-11-21(12-4-1)26(29-28-23-14-5-2-6-15-23)20-30-19-22-13-7-8-16-24(22)25-17-9-10-18-27(25)30/h1-19,28H,20H2/q+1/b29-26-. The van der Waals surface area contributed by atoms with Gasteiger partial charge in [0.25, 0.3) is 0 Å². The Kier molecular flexibility index (Phi) is 4.93. The van der Waals surface area contributed by atoms with Crippen molar-refractivity contribution in [2.45, 2.75) is 6.54 Å². The van der Waals surface area contributed by atoms with Crippen molar-refractivity contribution in [1.29, 1.82) is 0 Å². The fourth-order valence-electron chi connectivity index (χ4n) is 3.80. The SMILES string of the molecule is c1ccc(N/N=C(/C[n+]2cc3ccccc3c3ccccc32)c2ccccc2)cc1. The average Bonchev–Trinajstić information content (AvgIpc) is 2.83. The maximum Gasteiger partial charge on any atom is 0.213 e. The molecule has 0 atom stereocenters. The Labute approximate surface area is 175 Å². The highest BCUT2D eigenvalue weighted by Gasteiger charge is 2.16. The summed E-state index contributed by atoms with van der Waals surface area (Å²) in [6, 6.07) is 37.5. The van der Waals surface area contributed by atoms with Crippen LogP contribution < -0.4 is 9.99 Å². The molecule has 0 amide bonds. The number of nitrogens with one attached hydrogen (secondary N) is 1. The first-order chi connectivity index (χ1) is 14.9. The second kappa shape index (κ2) is 8.18. The Morgan fingerprint density at radius 2 is 1.30 bits per heavy atom. The molecular formula is C27H22N3+. The number of rotatable bonds is 5. The van der Waals surface area contributed by atoms with Crippen LogP contribution in [0.4, 0.5) is 5.69 Å². The summed E-state index contributed by atoms with van der Waals surface area (Å²) in [6.07, 6.45) is 2.22. The molecule has 0 aliphatic heterocycles. The molecule has 1 heterocycles. The molecular weight excluding hydrogens is 366 g/mol. The highest BCUT2D eigenvalue weighted by Crippen LogP contribution is 2.22. The smallest absolute Gasteiger partial charge is 0.213 e. The lowest BCUT2D eigenvalue weighted by atomic mass is 10.1. The number of fused-ring (bicyclic) bond motifs is 3. The normalized spacial score (nSPS) is 11.7. The molecule has 144 valence electrons. The van der Waals surface area contributed by atoms with Gasteiger partial charge in [-0.1, -0.05) is 78.9 Å². The minimum absolute atomic E-state index is 0.662. The molecule has 3 nitrogen and oxygen atoms in total. The van der Waals surface area contributed by atoms with Crippen molar-refractivity contribution in [3.8, 4) is 0 Å². The van der Waals surface area contributed by atoms with Crippen LogP contribution in [0.1, 0.15) is 5.56 Å². The van der Waals surface area contributed by atoms with Crippen molar-refractivity contribution in [3.63, 3.8) is 0 Å². The molecule has 0 spiro atoms. The van der Waals surface area contributed by atoms with Gasteiger partial charge >= 0.3 is 0 Å². The Morgan fingerprint density at radius 1 is 0.667 bits per heavy atom. The largest absolute Gasteiger partial charge is 0.278 e. The van der Waals surface area contributed by atoms with E-state index in [0.717, 1.165) is 17.0 Å². The first-order valence-corrected chi connectivity index (χ1v) is 10.1. The lowest BCUT2D eigenvalue weighted by molar-refractivity contribution is -0.654. The van der Waals surface area contributed by atoms with Gasteiger partial charge in [-0.2, -0.15) is 9.67 Å². The Hall–Kier alpha value is -3.98.